The van der Waals surface area contributed by atoms with Crippen LogP contribution < -0.4 is 10.6 Å². The van der Waals surface area contributed by atoms with E-state index in [9.17, 15) is 31.2 Å². The van der Waals surface area contributed by atoms with Crippen molar-refractivity contribution in [1.29, 1.82) is 0 Å². The predicted molar refractivity (Wildman–Crippen MR) is 142 cm³/mol. The Balaban J connectivity index is 1.64. The van der Waals surface area contributed by atoms with Gasteiger partial charge in [-0.1, -0.05) is 24.3 Å². The molecule has 2 aromatic rings. The Bertz CT molecular complexity index is 1490. The third-order valence-corrected chi connectivity index (χ3v) is 8.90. The molecular formula is C25H25F3N4O5S2. The summed E-state index contributed by atoms with van der Waals surface area (Å²) >= 11 is 0.968. The fourth-order valence-corrected chi connectivity index (χ4v) is 6.59. The number of sulfone groups is 1. The van der Waals surface area contributed by atoms with Crippen LogP contribution in [0.25, 0.3) is 15.8 Å². The van der Waals surface area contributed by atoms with Crippen LogP contribution in [0.1, 0.15) is 28.7 Å². The second-order valence-electron chi connectivity index (χ2n) is 8.85. The molecule has 1 unspecified atom stereocenters. The standard InChI is InChI=1S/C25H25F3N4O5S2/c1-37-10-11-39(35,36)22(23(34)30-14-21(33)31-17-7-8-17)24-32-18-9-6-15(12-19(18)38-24)16-4-2-3-5-20(29-13-16)25(26,27)28/h2-6,9,12-13,17,22H,7-8,10-11,14H2,1H3,(H,30,34)(H,31,33)/b3-2?,4-2+,5-3+,16-4?,16-13+,20-5?,29-13?,29-20+. The highest BCUT2D eigenvalue weighted by atomic mass is 32.2. The minimum Gasteiger partial charge on any atom is -0.384 e. The maximum absolute atomic E-state index is 13.1. The van der Waals surface area contributed by atoms with Crippen LogP contribution in [-0.2, 0) is 24.2 Å². The number of methoxy groups -OCH3 is 1. The smallest absolute Gasteiger partial charge is 0.384 e. The lowest BCUT2D eigenvalue weighted by Crippen LogP contribution is -2.41. The molecule has 0 saturated heterocycles. The van der Waals surface area contributed by atoms with Crippen LogP contribution in [0.3, 0.4) is 0 Å². The SMILES string of the molecule is COCCS(=O)(=O)C(C(=O)NCC(=O)NC1CC1)c1nc2ccc(C3=C/N=C(C(F)(F)F)\C=C\C=C\3)cc2s1. The van der Waals surface area contributed by atoms with Crippen LogP contribution in [0.2, 0.25) is 0 Å². The number of hydrogen-bond donors (Lipinski definition) is 2. The van der Waals surface area contributed by atoms with E-state index in [-0.39, 0.29) is 24.2 Å². The van der Waals surface area contributed by atoms with E-state index < -0.39 is 44.5 Å². The number of allylic oxidation sites excluding steroid dienone is 5. The number of aromatic nitrogens is 1. The number of nitrogens with one attached hydrogen (secondary N) is 2. The molecule has 0 radical (unpaired) electrons. The number of carbonyl (C=O) groups excluding carboxylic acids is 2. The van der Waals surface area contributed by atoms with E-state index in [1.165, 1.54) is 19.3 Å². The topological polar surface area (TPSA) is 127 Å². The Morgan fingerprint density at radius 3 is 2.64 bits per heavy atom. The highest BCUT2D eigenvalue weighted by molar-refractivity contribution is 7.92. The molecule has 1 atom stereocenters. The predicted octanol–water partition coefficient (Wildman–Crippen LogP) is 3.26. The number of benzene rings is 1. The van der Waals surface area contributed by atoms with E-state index in [0.717, 1.165) is 36.5 Å². The zero-order valence-electron chi connectivity index (χ0n) is 20.7. The normalized spacial score (nSPS) is 21.0. The molecule has 2 aliphatic rings. The van der Waals surface area contributed by atoms with Gasteiger partial charge in [0.2, 0.25) is 11.8 Å². The summed E-state index contributed by atoms with van der Waals surface area (Å²) in [5.41, 5.74) is 0.266. The lowest BCUT2D eigenvalue weighted by Gasteiger charge is -2.15. The van der Waals surface area contributed by atoms with Gasteiger partial charge < -0.3 is 15.4 Å². The van der Waals surface area contributed by atoms with Crippen LogP contribution in [0, 0.1) is 0 Å². The zero-order chi connectivity index (χ0) is 28.2. The molecule has 2 heterocycles. The van der Waals surface area contributed by atoms with Gasteiger partial charge in [-0.3, -0.25) is 14.6 Å². The van der Waals surface area contributed by atoms with Crippen molar-refractivity contribution in [3.8, 4) is 0 Å². The second kappa shape index (κ2) is 11.8. The van der Waals surface area contributed by atoms with Gasteiger partial charge in [-0.2, -0.15) is 13.2 Å². The Kier molecular flexibility index (Phi) is 8.67. The first kappa shape index (κ1) is 28.6. The van der Waals surface area contributed by atoms with E-state index in [2.05, 4.69) is 20.6 Å². The Morgan fingerprint density at radius 1 is 1.21 bits per heavy atom. The van der Waals surface area contributed by atoms with Gasteiger partial charge in [0.25, 0.3) is 0 Å². The number of carbonyl (C=O) groups is 2. The average molecular weight is 583 g/mol. The minimum absolute atomic E-state index is 0.000791. The molecule has 1 aromatic heterocycles. The molecule has 1 aromatic carbocycles. The third kappa shape index (κ3) is 7.40. The molecular weight excluding hydrogens is 557 g/mol. The monoisotopic (exact) mass is 582 g/mol. The summed E-state index contributed by atoms with van der Waals surface area (Å²) in [6, 6.07) is 4.92. The minimum atomic E-state index is -4.61. The molecule has 1 aliphatic heterocycles. The summed E-state index contributed by atoms with van der Waals surface area (Å²) in [5.74, 6) is -1.75. The molecule has 0 bridgehead atoms. The lowest BCUT2D eigenvalue weighted by atomic mass is 10.1. The van der Waals surface area contributed by atoms with Crippen molar-refractivity contribution in [2.45, 2.75) is 30.3 Å². The molecule has 2 N–H and O–H groups in total. The average Bonchev–Trinajstić information content (AvgIpc) is 3.56. The number of rotatable bonds is 10. The number of nitrogens with zero attached hydrogens (tertiary/aromatic N) is 2. The summed E-state index contributed by atoms with van der Waals surface area (Å²) in [6.07, 6.45) is 3.37. The molecule has 1 fully saturated rings. The van der Waals surface area contributed by atoms with Crippen LogP contribution >= 0.6 is 11.3 Å². The second-order valence-corrected chi connectivity index (χ2v) is 12.1. The van der Waals surface area contributed by atoms with E-state index in [1.54, 1.807) is 24.3 Å². The summed E-state index contributed by atoms with van der Waals surface area (Å²) < 4.78 is 71.0. The van der Waals surface area contributed by atoms with Crippen molar-refractivity contribution >= 4 is 54.5 Å². The van der Waals surface area contributed by atoms with Gasteiger partial charge in [0.1, 0.15) is 10.7 Å². The van der Waals surface area contributed by atoms with Crippen molar-refractivity contribution in [2.24, 2.45) is 4.99 Å². The van der Waals surface area contributed by atoms with Crippen molar-refractivity contribution in [2.75, 3.05) is 26.0 Å². The number of fused-ring (bicyclic) bond motifs is 1. The summed E-state index contributed by atoms with van der Waals surface area (Å²) in [4.78, 5) is 33.0. The van der Waals surface area contributed by atoms with E-state index in [0.29, 0.717) is 21.4 Å². The van der Waals surface area contributed by atoms with Gasteiger partial charge in [0, 0.05) is 24.9 Å². The number of aliphatic imine (C=N–C) groups is 1. The third-order valence-electron chi connectivity index (χ3n) is 5.77. The van der Waals surface area contributed by atoms with Gasteiger partial charge in [0.05, 0.1) is 29.1 Å². The molecule has 4 rings (SSSR count). The lowest BCUT2D eigenvalue weighted by molar-refractivity contribution is -0.126. The van der Waals surface area contributed by atoms with Gasteiger partial charge in [-0.15, -0.1) is 11.3 Å². The molecule has 2 amide bonds. The van der Waals surface area contributed by atoms with Crippen molar-refractivity contribution < 1.29 is 35.9 Å². The van der Waals surface area contributed by atoms with Crippen LogP contribution in [0.4, 0.5) is 13.2 Å². The quantitative estimate of drug-likeness (QED) is 0.443. The number of amides is 2. The summed E-state index contributed by atoms with van der Waals surface area (Å²) in [7, 11) is -2.74. The number of hydrogen-bond acceptors (Lipinski definition) is 8. The molecule has 9 nitrogen and oxygen atoms in total. The van der Waals surface area contributed by atoms with Crippen molar-refractivity contribution in [3.63, 3.8) is 0 Å². The number of halogens is 3. The van der Waals surface area contributed by atoms with Crippen LogP contribution in [0.15, 0.2) is 53.7 Å². The molecule has 1 saturated carbocycles. The molecule has 14 heteroatoms. The Morgan fingerprint density at radius 2 is 1.95 bits per heavy atom. The highest BCUT2D eigenvalue weighted by Crippen LogP contribution is 2.34. The summed E-state index contributed by atoms with van der Waals surface area (Å²) in [6.45, 7) is -0.519. The van der Waals surface area contributed by atoms with Crippen molar-refractivity contribution in [3.05, 3.63) is 59.3 Å². The van der Waals surface area contributed by atoms with Crippen LogP contribution in [-0.4, -0.2) is 69.2 Å². The zero-order valence-corrected chi connectivity index (χ0v) is 22.3. The van der Waals surface area contributed by atoms with Crippen LogP contribution in [0.5, 0.6) is 0 Å². The molecule has 39 heavy (non-hydrogen) atoms. The van der Waals surface area contributed by atoms with Gasteiger partial charge in [-0.05, 0) is 36.6 Å². The maximum atomic E-state index is 13.1. The number of alkyl halides is 3. The van der Waals surface area contributed by atoms with Gasteiger partial charge >= 0.3 is 6.18 Å². The Labute approximate surface area is 226 Å². The fraction of sp³-hybridized carbons (Fsp3) is 0.360. The molecule has 208 valence electrons. The largest absolute Gasteiger partial charge is 0.433 e. The number of ether oxygens (including phenoxy) is 1. The number of thiazole rings is 1. The first-order valence-electron chi connectivity index (χ1n) is 11.9. The van der Waals surface area contributed by atoms with Gasteiger partial charge in [-0.25, -0.2) is 13.4 Å². The van der Waals surface area contributed by atoms with E-state index >= 15 is 0 Å². The van der Waals surface area contributed by atoms with Crippen molar-refractivity contribution in [1.82, 2.24) is 15.6 Å². The van der Waals surface area contributed by atoms with E-state index in [4.69, 9.17) is 4.74 Å². The molecule has 0 spiro atoms. The summed E-state index contributed by atoms with van der Waals surface area (Å²) in [5, 5.41) is 3.44. The maximum Gasteiger partial charge on any atom is 0.433 e. The fourth-order valence-electron chi connectivity index (χ4n) is 3.62. The Hall–Kier alpha value is -3.36. The van der Waals surface area contributed by atoms with Gasteiger partial charge in [0.15, 0.2) is 15.1 Å². The van der Waals surface area contributed by atoms with E-state index in [1.807, 2.05) is 0 Å². The first-order valence-corrected chi connectivity index (χ1v) is 14.4. The highest BCUT2D eigenvalue weighted by Gasteiger charge is 2.37. The molecule has 1 aliphatic carbocycles. The first-order chi connectivity index (χ1) is 18.5.